The summed E-state index contributed by atoms with van der Waals surface area (Å²) in [6, 6.07) is 8.27. The molecule has 18 heavy (non-hydrogen) atoms. The van der Waals surface area contributed by atoms with Gasteiger partial charge in [-0.2, -0.15) is 0 Å². The van der Waals surface area contributed by atoms with Gasteiger partial charge >= 0.3 is 0 Å². The molecule has 1 aliphatic rings. The molecule has 2 aromatic heterocycles. The fraction of sp³-hybridized carbons (Fsp3) is 0.400. The molecule has 0 N–H and O–H groups in total. The first kappa shape index (κ1) is 12.1. The van der Waals surface area contributed by atoms with E-state index >= 15 is 0 Å². The minimum atomic E-state index is 0.286. The van der Waals surface area contributed by atoms with Crippen LogP contribution in [0.15, 0.2) is 29.6 Å². The number of carbonyl (C=O) groups is 1. The molecule has 0 spiro atoms. The highest BCUT2D eigenvalue weighted by molar-refractivity contribution is 7.22. The lowest BCUT2D eigenvalue weighted by Crippen LogP contribution is -2.16. The molecule has 0 amide bonds. The summed E-state index contributed by atoms with van der Waals surface area (Å²) < 4.78 is 0. The monoisotopic (exact) mass is 276 g/mol. The van der Waals surface area contributed by atoms with Gasteiger partial charge in [-0.1, -0.05) is 25.3 Å². The number of thiophene rings is 2. The Bertz CT molecular complexity index is 518. The molecule has 0 aromatic carbocycles. The third kappa shape index (κ3) is 2.43. The molecular weight excluding hydrogens is 260 g/mol. The third-order valence-electron chi connectivity index (χ3n) is 3.59. The Labute approximate surface area is 115 Å². The summed E-state index contributed by atoms with van der Waals surface area (Å²) in [7, 11) is 0. The highest BCUT2D eigenvalue weighted by Gasteiger charge is 2.23. The van der Waals surface area contributed by atoms with Crippen LogP contribution in [0.1, 0.15) is 41.8 Å². The van der Waals surface area contributed by atoms with Crippen molar-refractivity contribution >= 4 is 28.5 Å². The van der Waals surface area contributed by atoms with Gasteiger partial charge in [0.15, 0.2) is 5.78 Å². The van der Waals surface area contributed by atoms with E-state index in [9.17, 15) is 4.79 Å². The van der Waals surface area contributed by atoms with Gasteiger partial charge in [0.2, 0.25) is 0 Å². The van der Waals surface area contributed by atoms with Gasteiger partial charge in [-0.05, 0) is 36.4 Å². The molecule has 0 radical (unpaired) electrons. The van der Waals surface area contributed by atoms with Crippen LogP contribution in [0.3, 0.4) is 0 Å². The number of rotatable bonds is 3. The van der Waals surface area contributed by atoms with E-state index in [0.717, 1.165) is 17.7 Å². The van der Waals surface area contributed by atoms with Gasteiger partial charge in [0.25, 0.3) is 0 Å². The van der Waals surface area contributed by atoms with Crippen molar-refractivity contribution in [3.05, 3.63) is 34.5 Å². The zero-order valence-corrected chi connectivity index (χ0v) is 11.9. The molecule has 2 aromatic rings. The minimum absolute atomic E-state index is 0.286. The number of ketones is 1. The van der Waals surface area contributed by atoms with E-state index < -0.39 is 0 Å². The predicted molar refractivity (Wildman–Crippen MR) is 78.5 cm³/mol. The minimum Gasteiger partial charge on any atom is -0.293 e. The van der Waals surface area contributed by atoms with Crippen LogP contribution in [0.4, 0.5) is 0 Å². The first-order valence-electron chi connectivity index (χ1n) is 6.52. The Balaban J connectivity index is 1.78. The second kappa shape index (κ2) is 5.37. The Kier molecular flexibility index (Phi) is 3.62. The highest BCUT2D eigenvalue weighted by Crippen LogP contribution is 2.34. The van der Waals surface area contributed by atoms with Gasteiger partial charge < -0.3 is 0 Å². The van der Waals surface area contributed by atoms with Crippen molar-refractivity contribution in [3.63, 3.8) is 0 Å². The lowest BCUT2D eigenvalue weighted by molar-refractivity contribution is 0.0894. The summed E-state index contributed by atoms with van der Waals surface area (Å²) >= 11 is 3.39. The van der Waals surface area contributed by atoms with Crippen LogP contribution in [0, 0.1) is 5.92 Å². The van der Waals surface area contributed by atoms with Crippen molar-refractivity contribution < 1.29 is 4.79 Å². The molecule has 1 nitrogen and oxygen atoms in total. The van der Waals surface area contributed by atoms with Gasteiger partial charge in [-0.15, -0.1) is 22.7 Å². The Morgan fingerprint density at radius 2 is 1.89 bits per heavy atom. The maximum absolute atomic E-state index is 12.4. The molecule has 2 heterocycles. The van der Waals surface area contributed by atoms with Crippen LogP contribution in [-0.4, -0.2) is 5.78 Å². The van der Waals surface area contributed by atoms with Crippen molar-refractivity contribution in [3.8, 4) is 9.75 Å². The van der Waals surface area contributed by atoms with Crippen molar-refractivity contribution in [1.82, 2.24) is 0 Å². The van der Waals surface area contributed by atoms with E-state index in [0.29, 0.717) is 5.78 Å². The molecular formula is C15H16OS2. The smallest absolute Gasteiger partial charge is 0.175 e. The van der Waals surface area contributed by atoms with Gasteiger partial charge in [-0.25, -0.2) is 0 Å². The Morgan fingerprint density at radius 3 is 2.61 bits per heavy atom. The maximum Gasteiger partial charge on any atom is 0.175 e. The summed E-state index contributed by atoms with van der Waals surface area (Å²) in [5.41, 5.74) is 0. The molecule has 3 heteroatoms. The summed E-state index contributed by atoms with van der Waals surface area (Å²) in [4.78, 5) is 15.8. The van der Waals surface area contributed by atoms with E-state index in [4.69, 9.17) is 0 Å². The van der Waals surface area contributed by atoms with Crippen LogP contribution >= 0.6 is 22.7 Å². The SMILES string of the molecule is O=C(c1ccc(-c2cccs2)s1)C1CCCCC1. The number of carbonyl (C=O) groups excluding carboxylic acids is 1. The maximum atomic E-state index is 12.4. The number of hydrogen-bond donors (Lipinski definition) is 0. The lowest BCUT2D eigenvalue weighted by atomic mass is 9.86. The molecule has 0 aliphatic heterocycles. The number of Topliss-reactive ketones (excluding diaryl/α,β-unsaturated/α-hetero) is 1. The molecule has 0 atom stereocenters. The van der Waals surface area contributed by atoms with Gasteiger partial charge in [0, 0.05) is 15.7 Å². The largest absolute Gasteiger partial charge is 0.293 e. The fourth-order valence-corrected chi connectivity index (χ4v) is 4.45. The van der Waals surface area contributed by atoms with E-state index in [-0.39, 0.29) is 5.92 Å². The van der Waals surface area contributed by atoms with Crippen LogP contribution in [0.2, 0.25) is 0 Å². The van der Waals surface area contributed by atoms with Crippen LogP contribution in [0.25, 0.3) is 9.75 Å². The second-order valence-corrected chi connectivity index (χ2v) is 6.87. The van der Waals surface area contributed by atoms with Gasteiger partial charge in [0.05, 0.1) is 4.88 Å². The van der Waals surface area contributed by atoms with Crippen molar-refractivity contribution in [2.75, 3.05) is 0 Å². The molecule has 0 bridgehead atoms. The average Bonchev–Trinajstić information content (AvgIpc) is 3.09. The van der Waals surface area contributed by atoms with Crippen LogP contribution in [-0.2, 0) is 0 Å². The summed E-state index contributed by atoms with van der Waals surface area (Å²) in [5.74, 6) is 0.663. The molecule has 3 rings (SSSR count). The van der Waals surface area contributed by atoms with Crippen molar-refractivity contribution in [2.45, 2.75) is 32.1 Å². The van der Waals surface area contributed by atoms with E-state index in [1.165, 1.54) is 29.0 Å². The molecule has 0 saturated heterocycles. The molecule has 1 saturated carbocycles. The molecule has 1 fully saturated rings. The normalized spacial score (nSPS) is 16.9. The first-order valence-corrected chi connectivity index (χ1v) is 8.22. The summed E-state index contributed by atoms with van der Waals surface area (Å²) in [6.45, 7) is 0. The van der Waals surface area contributed by atoms with Crippen LogP contribution < -0.4 is 0 Å². The summed E-state index contributed by atoms with van der Waals surface area (Å²) in [6.07, 6.45) is 5.92. The lowest BCUT2D eigenvalue weighted by Gasteiger charge is -2.19. The molecule has 0 unspecified atom stereocenters. The topological polar surface area (TPSA) is 17.1 Å². The van der Waals surface area contributed by atoms with Crippen molar-refractivity contribution in [2.24, 2.45) is 5.92 Å². The molecule has 1 aliphatic carbocycles. The van der Waals surface area contributed by atoms with E-state index in [2.05, 4.69) is 23.6 Å². The fourth-order valence-electron chi connectivity index (χ4n) is 2.59. The standard InChI is InChI=1S/C15H16OS2/c16-15(11-5-2-1-3-6-11)14-9-8-13(18-14)12-7-4-10-17-12/h4,7-11H,1-3,5-6H2. The average molecular weight is 276 g/mol. The number of hydrogen-bond acceptors (Lipinski definition) is 3. The highest BCUT2D eigenvalue weighted by atomic mass is 32.1. The Hall–Kier alpha value is -0.930. The zero-order chi connectivity index (χ0) is 12.4. The van der Waals surface area contributed by atoms with Gasteiger partial charge in [-0.3, -0.25) is 4.79 Å². The third-order valence-corrected chi connectivity index (χ3v) is 5.75. The zero-order valence-electron chi connectivity index (χ0n) is 10.2. The van der Waals surface area contributed by atoms with E-state index in [1.54, 1.807) is 22.7 Å². The second-order valence-electron chi connectivity index (χ2n) is 4.84. The Morgan fingerprint density at radius 1 is 1.06 bits per heavy atom. The van der Waals surface area contributed by atoms with E-state index in [1.807, 2.05) is 6.07 Å². The van der Waals surface area contributed by atoms with Crippen molar-refractivity contribution in [1.29, 1.82) is 0 Å². The predicted octanol–water partition coefficient (Wildman–Crippen LogP) is 5.24. The summed E-state index contributed by atoms with van der Waals surface area (Å²) in [5, 5.41) is 2.08. The molecule has 94 valence electrons. The van der Waals surface area contributed by atoms with Crippen LogP contribution in [0.5, 0.6) is 0 Å². The first-order chi connectivity index (χ1) is 8.84. The quantitative estimate of drug-likeness (QED) is 0.701. The van der Waals surface area contributed by atoms with Gasteiger partial charge in [0.1, 0.15) is 0 Å².